The molecule has 0 aromatic carbocycles. The van der Waals surface area contributed by atoms with Gasteiger partial charge in [0.1, 0.15) is 0 Å². The number of hydrogen-bond acceptors (Lipinski definition) is 3. The molecule has 0 bridgehead atoms. The Morgan fingerprint density at radius 1 is 1.53 bits per heavy atom. The van der Waals surface area contributed by atoms with Crippen molar-refractivity contribution in [2.75, 3.05) is 33.4 Å². The molecule has 0 amide bonds. The Bertz CT molecular complexity index is 175. The van der Waals surface area contributed by atoms with Gasteiger partial charge in [-0.1, -0.05) is 6.92 Å². The zero-order valence-electron chi connectivity index (χ0n) is 10.3. The number of hydrogen-bond donors (Lipinski definition) is 1. The van der Waals surface area contributed by atoms with Gasteiger partial charge >= 0.3 is 0 Å². The molecule has 1 aliphatic heterocycles. The Morgan fingerprint density at radius 2 is 2.33 bits per heavy atom. The van der Waals surface area contributed by atoms with Crippen molar-refractivity contribution in [1.29, 1.82) is 0 Å². The first kappa shape index (κ1) is 12.9. The van der Waals surface area contributed by atoms with E-state index in [1.165, 1.54) is 12.8 Å². The van der Waals surface area contributed by atoms with Crippen molar-refractivity contribution in [3.63, 3.8) is 0 Å². The van der Waals surface area contributed by atoms with Crippen LogP contribution in [0.2, 0.25) is 0 Å². The molecule has 1 aliphatic rings. The minimum Gasteiger partial charge on any atom is -0.383 e. The van der Waals surface area contributed by atoms with Crippen LogP contribution < -0.4 is 5.32 Å². The molecule has 90 valence electrons. The highest BCUT2D eigenvalue weighted by molar-refractivity contribution is 4.82. The van der Waals surface area contributed by atoms with Crippen LogP contribution in [0.1, 0.15) is 33.1 Å². The minimum atomic E-state index is 0.117. The molecule has 2 unspecified atom stereocenters. The van der Waals surface area contributed by atoms with Gasteiger partial charge in [0.2, 0.25) is 0 Å². The lowest BCUT2D eigenvalue weighted by molar-refractivity contribution is -0.0865. The Morgan fingerprint density at radius 3 is 3.00 bits per heavy atom. The van der Waals surface area contributed by atoms with Gasteiger partial charge in [-0.15, -0.1) is 0 Å². The highest BCUT2D eigenvalue weighted by atomic mass is 16.5. The van der Waals surface area contributed by atoms with Crippen molar-refractivity contribution in [2.45, 2.75) is 38.7 Å². The lowest BCUT2D eigenvalue weighted by Crippen LogP contribution is -2.40. The molecule has 0 saturated carbocycles. The summed E-state index contributed by atoms with van der Waals surface area (Å²) in [5.74, 6) is 0.764. The lowest BCUT2D eigenvalue weighted by Gasteiger charge is -2.37. The van der Waals surface area contributed by atoms with Gasteiger partial charge in [-0.3, -0.25) is 0 Å². The highest BCUT2D eigenvalue weighted by Gasteiger charge is 2.31. The first-order chi connectivity index (χ1) is 7.20. The highest BCUT2D eigenvalue weighted by Crippen LogP contribution is 2.30. The molecule has 2 atom stereocenters. The molecule has 0 aliphatic carbocycles. The van der Waals surface area contributed by atoms with Crippen molar-refractivity contribution in [1.82, 2.24) is 5.32 Å². The smallest absolute Gasteiger partial charge is 0.0655 e. The summed E-state index contributed by atoms with van der Waals surface area (Å²) in [6.45, 7) is 8.21. The average Bonchev–Trinajstić information content (AvgIpc) is 2.25. The second-order valence-electron chi connectivity index (χ2n) is 4.71. The first-order valence-corrected chi connectivity index (χ1v) is 6.04. The summed E-state index contributed by atoms with van der Waals surface area (Å²) in [6, 6.07) is 0. The second kappa shape index (κ2) is 6.46. The molecule has 0 aromatic rings. The second-order valence-corrected chi connectivity index (χ2v) is 4.71. The summed E-state index contributed by atoms with van der Waals surface area (Å²) < 4.78 is 10.8. The lowest BCUT2D eigenvalue weighted by atomic mass is 9.85. The van der Waals surface area contributed by atoms with Gasteiger partial charge in [0.05, 0.1) is 12.2 Å². The van der Waals surface area contributed by atoms with E-state index >= 15 is 0 Å². The number of nitrogens with one attached hydrogen (secondary N) is 1. The third kappa shape index (κ3) is 4.49. The molecule has 1 saturated heterocycles. The third-order valence-corrected chi connectivity index (χ3v) is 3.36. The van der Waals surface area contributed by atoms with Gasteiger partial charge in [-0.25, -0.2) is 0 Å². The van der Waals surface area contributed by atoms with E-state index in [0.29, 0.717) is 0 Å². The maximum Gasteiger partial charge on any atom is 0.0655 e. The van der Waals surface area contributed by atoms with Gasteiger partial charge in [0.25, 0.3) is 0 Å². The molecule has 0 aromatic heterocycles. The zero-order chi connectivity index (χ0) is 11.1. The maximum atomic E-state index is 5.82. The van der Waals surface area contributed by atoms with Crippen molar-refractivity contribution in [2.24, 2.45) is 5.92 Å². The molecule has 1 rings (SSSR count). The van der Waals surface area contributed by atoms with Gasteiger partial charge in [-0.05, 0) is 38.6 Å². The van der Waals surface area contributed by atoms with Crippen LogP contribution in [0, 0.1) is 5.92 Å². The van der Waals surface area contributed by atoms with Crippen molar-refractivity contribution in [3.8, 4) is 0 Å². The SMILES string of the molecule is CCC1(C)CC(CNCCOC)CCO1. The van der Waals surface area contributed by atoms with Crippen molar-refractivity contribution in [3.05, 3.63) is 0 Å². The third-order valence-electron chi connectivity index (χ3n) is 3.36. The Balaban J connectivity index is 2.18. The minimum absolute atomic E-state index is 0.117. The predicted octanol–water partition coefficient (Wildman–Crippen LogP) is 1.82. The Labute approximate surface area is 93.5 Å². The van der Waals surface area contributed by atoms with Gasteiger partial charge in [0.15, 0.2) is 0 Å². The summed E-state index contributed by atoms with van der Waals surface area (Å²) in [5.41, 5.74) is 0.117. The van der Waals surface area contributed by atoms with E-state index in [-0.39, 0.29) is 5.60 Å². The standard InChI is InChI=1S/C12H25NO2/c1-4-12(2)9-11(5-7-15-12)10-13-6-8-14-3/h11,13H,4-10H2,1-3H3. The fraction of sp³-hybridized carbons (Fsp3) is 1.00. The van der Waals surface area contributed by atoms with E-state index in [4.69, 9.17) is 9.47 Å². The van der Waals surface area contributed by atoms with Crippen LogP contribution in [0.3, 0.4) is 0 Å². The largest absolute Gasteiger partial charge is 0.383 e. The molecule has 3 nitrogen and oxygen atoms in total. The van der Waals surface area contributed by atoms with Crippen LogP contribution in [0.15, 0.2) is 0 Å². The van der Waals surface area contributed by atoms with E-state index in [0.717, 1.165) is 38.6 Å². The summed E-state index contributed by atoms with van der Waals surface area (Å²) in [6.07, 6.45) is 3.49. The normalized spacial score (nSPS) is 31.8. The Hall–Kier alpha value is -0.120. The predicted molar refractivity (Wildman–Crippen MR) is 62.1 cm³/mol. The van der Waals surface area contributed by atoms with Gasteiger partial charge < -0.3 is 14.8 Å². The van der Waals surface area contributed by atoms with Crippen LogP contribution in [0.25, 0.3) is 0 Å². The average molecular weight is 215 g/mol. The number of ether oxygens (including phenoxy) is 2. The van der Waals surface area contributed by atoms with Gasteiger partial charge in [-0.2, -0.15) is 0 Å². The monoisotopic (exact) mass is 215 g/mol. The molecular weight excluding hydrogens is 190 g/mol. The fourth-order valence-corrected chi connectivity index (χ4v) is 2.14. The zero-order valence-corrected chi connectivity index (χ0v) is 10.3. The molecular formula is C12H25NO2. The van der Waals surface area contributed by atoms with E-state index < -0.39 is 0 Å². The topological polar surface area (TPSA) is 30.5 Å². The van der Waals surface area contributed by atoms with Crippen LogP contribution in [0.4, 0.5) is 0 Å². The molecule has 3 heteroatoms. The van der Waals surface area contributed by atoms with E-state index in [1.807, 2.05) is 0 Å². The fourth-order valence-electron chi connectivity index (χ4n) is 2.14. The molecule has 15 heavy (non-hydrogen) atoms. The van der Waals surface area contributed by atoms with E-state index in [9.17, 15) is 0 Å². The Kier molecular flexibility index (Phi) is 5.58. The summed E-state index contributed by atoms with van der Waals surface area (Å²) in [5, 5.41) is 3.44. The quantitative estimate of drug-likeness (QED) is 0.686. The number of methoxy groups -OCH3 is 1. The van der Waals surface area contributed by atoms with Crippen LogP contribution >= 0.6 is 0 Å². The molecule has 1 N–H and O–H groups in total. The summed E-state index contributed by atoms with van der Waals surface area (Å²) in [4.78, 5) is 0. The molecule has 1 fully saturated rings. The van der Waals surface area contributed by atoms with Crippen molar-refractivity contribution >= 4 is 0 Å². The van der Waals surface area contributed by atoms with E-state index in [1.54, 1.807) is 7.11 Å². The maximum absolute atomic E-state index is 5.82. The van der Waals surface area contributed by atoms with Crippen LogP contribution in [0.5, 0.6) is 0 Å². The van der Waals surface area contributed by atoms with E-state index in [2.05, 4.69) is 19.2 Å². The molecule has 0 radical (unpaired) electrons. The first-order valence-electron chi connectivity index (χ1n) is 6.04. The van der Waals surface area contributed by atoms with Crippen LogP contribution in [-0.2, 0) is 9.47 Å². The number of rotatable bonds is 6. The van der Waals surface area contributed by atoms with Crippen LogP contribution in [-0.4, -0.2) is 39.0 Å². The van der Waals surface area contributed by atoms with Crippen molar-refractivity contribution < 1.29 is 9.47 Å². The van der Waals surface area contributed by atoms with Gasteiger partial charge in [0, 0.05) is 20.3 Å². The molecule has 0 spiro atoms. The summed E-state index contributed by atoms with van der Waals surface area (Å²) in [7, 11) is 1.74. The molecule has 1 heterocycles. The summed E-state index contributed by atoms with van der Waals surface area (Å²) >= 11 is 0.